The Bertz CT molecular complexity index is 148. The summed E-state index contributed by atoms with van der Waals surface area (Å²) in [6.07, 6.45) is 0. The minimum atomic E-state index is -1.12. The molecule has 0 bridgehead atoms. The third-order valence-electron chi connectivity index (χ3n) is 0.830. The highest BCUT2D eigenvalue weighted by molar-refractivity contribution is 6.19. The largest absolute Gasteiger partial charge is 0.480 e. The van der Waals surface area contributed by atoms with Crippen LogP contribution >= 0.6 is 11.6 Å². The third kappa shape index (κ3) is 3.29. The van der Waals surface area contributed by atoms with E-state index in [4.69, 9.17) is 16.7 Å². The molecule has 1 amide bonds. The third-order valence-corrected chi connectivity index (χ3v) is 1.14. The summed E-state index contributed by atoms with van der Waals surface area (Å²) in [7, 11) is 0. The van der Waals surface area contributed by atoms with Gasteiger partial charge in [0.25, 0.3) is 0 Å². The molecule has 2 N–H and O–H groups in total. The first-order valence-electron chi connectivity index (χ1n) is 2.63. The van der Waals surface area contributed by atoms with Crippen molar-refractivity contribution >= 4 is 23.5 Å². The van der Waals surface area contributed by atoms with Crippen molar-refractivity contribution in [1.82, 2.24) is 5.32 Å². The molecule has 0 aliphatic heterocycles. The minimum absolute atomic E-state index is 0.116. The molecule has 0 spiro atoms. The fourth-order valence-corrected chi connectivity index (χ4v) is 0.621. The zero-order valence-electron chi connectivity index (χ0n) is 5.43. The molecule has 10 heavy (non-hydrogen) atoms. The first kappa shape index (κ1) is 9.23. The number of carbonyl (C=O) groups excluding carboxylic acids is 1. The van der Waals surface area contributed by atoms with Crippen LogP contribution in [-0.2, 0) is 9.59 Å². The second-order valence-electron chi connectivity index (χ2n) is 1.75. The Morgan fingerprint density at radius 2 is 2.20 bits per heavy atom. The normalized spacial score (nSPS) is 12.2. The maximum atomic E-state index is 10.3. The van der Waals surface area contributed by atoms with Crippen LogP contribution in [0.3, 0.4) is 0 Å². The first-order valence-corrected chi connectivity index (χ1v) is 3.17. The number of nitrogens with one attached hydrogen (secondary N) is 1. The van der Waals surface area contributed by atoms with Gasteiger partial charge in [0.1, 0.15) is 6.04 Å². The van der Waals surface area contributed by atoms with E-state index in [1.54, 1.807) is 0 Å². The van der Waals surface area contributed by atoms with E-state index in [-0.39, 0.29) is 5.88 Å². The number of rotatable bonds is 3. The number of amides is 1. The van der Waals surface area contributed by atoms with Crippen molar-refractivity contribution in [1.29, 1.82) is 0 Å². The van der Waals surface area contributed by atoms with E-state index >= 15 is 0 Å². The number of aliphatic carboxylic acids is 1. The van der Waals surface area contributed by atoms with Gasteiger partial charge in [0, 0.05) is 6.92 Å². The van der Waals surface area contributed by atoms with E-state index in [1.165, 1.54) is 6.92 Å². The van der Waals surface area contributed by atoms with Crippen molar-refractivity contribution in [2.24, 2.45) is 0 Å². The summed E-state index contributed by atoms with van der Waals surface area (Å²) in [6, 6.07) is -0.973. The highest BCUT2D eigenvalue weighted by atomic mass is 35.5. The fraction of sp³-hybridized carbons (Fsp3) is 0.600. The van der Waals surface area contributed by atoms with Gasteiger partial charge in [-0.05, 0) is 0 Å². The van der Waals surface area contributed by atoms with Crippen LogP contribution in [-0.4, -0.2) is 28.9 Å². The molecule has 5 heteroatoms. The SMILES string of the molecule is CC(=O)N[C@H](CCl)C(=O)O. The maximum Gasteiger partial charge on any atom is 0.327 e. The fourth-order valence-electron chi connectivity index (χ4n) is 0.412. The van der Waals surface area contributed by atoms with Crippen LogP contribution in [0.4, 0.5) is 0 Å². The van der Waals surface area contributed by atoms with E-state index in [1.807, 2.05) is 0 Å². The predicted octanol–water partition coefficient (Wildman–Crippen LogP) is -0.186. The molecule has 58 valence electrons. The quantitative estimate of drug-likeness (QED) is 0.570. The van der Waals surface area contributed by atoms with Crippen molar-refractivity contribution in [3.63, 3.8) is 0 Å². The number of halogens is 1. The lowest BCUT2D eigenvalue weighted by Gasteiger charge is -2.07. The summed E-state index contributed by atoms with van der Waals surface area (Å²) in [5.41, 5.74) is 0. The molecule has 1 atom stereocenters. The predicted molar refractivity (Wildman–Crippen MR) is 36.0 cm³/mol. The molecule has 0 aromatic rings. The average Bonchev–Trinajstić information content (AvgIpc) is 1.81. The first-order chi connectivity index (χ1) is 4.57. The molecule has 0 saturated heterocycles. The van der Waals surface area contributed by atoms with Crippen molar-refractivity contribution in [3.05, 3.63) is 0 Å². The summed E-state index contributed by atoms with van der Waals surface area (Å²) in [4.78, 5) is 20.5. The second kappa shape index (κ2) is 4.11. The Morgan fingerprint density at radius 3 is 2.30 bits per heavy atom. The topological polar surface area (TPSA) is 66.4 Å². The Morgan fingerprint density at radius 1 is 1.70 bits per heavy atom. The van der Waals surface area contributed by atoms with Crippen LogP contribution in [0.25, 0.3) is 0 Å². The number of hydrogen-bond acceptors (Lipinski definition) is 2. The van der Waals surface area contributed by atoms with Gasteiger partial charge < -0.3 is 10.4 Å². The number of carbonyl (C=O) groups is 2. The van der Waals surface area contributed by atoms with E-state index in [0.29, 0.717) is 0 Å². The number of carboxylic acids is 1. The van der Waals surface area contributed by atoms with Gasteiger partial charge >= 0.3 is 5.97 Å². The van der Waals surface area contributed by atoms with Gasteiger partial charge in [-0.3, -0.25) is 4.79 Å². The van der Waals surface area contributed by atoms with E-state index < -0.39 is 17.9 Å². The molecular formula is C5H8ClNO3. The Balaban J connectivity index is 3.83. The van der Waals surface area contributed by atoms with Crippen molar-refractivity contribution in [2.75, 3.05) is 5.88 Å². The van der Waals surface area contributed by atoms with Crippen LogP contribution in [0.5, 0.6) is 0 Å². The van der Waals surface area contributed by atoms with Crippen LogP contribution in [0.15, 0.2) is 0 Å². The molecule has 0 heterocycles. The number of hydrogen-bond donors (Lipinski definition) is 2. The van der Waals surface area contributed by atoms with E-state index in [2.05, 4.69) is 5.32 Å². The molecule has 0 aromatic carbocycles. The van der Waals surface area contributed by atoms with Crippen LogP contribution < -0.4 is 5.32 Å². The summed E-state index contributed by atoms with van der Waals surface area (Å²) in [6.45, 7) is 1.24. The van der Waals surface area contributed by atoms with Crippen LogP contribution in [0.2, 0.25) is 0 Å². The van der Waals surface area contributed by atoms with E-state index in [9.17, 15) is 9.59 Å². The summed E-state index contributed by atoms with van der Waals surface area (Å²) < 4.78 is 0. The van der Waals surface area contributed by atoms with Crippen molar-refractivity contribution in [3.8, 4) is 0 Å². The molecule has 4 nitrogen and oxygen atoms in total. The van der Waals surface area contributed by atoms with Crippen molar-refractivity contribution in [2.45, 2.75) is 13.0 Å². The van der Waals surface area contributed by atoms with Gasteiger partial charge in [0.05, 0.1) is 5.88 Å². The van der Waals surface area contributed by atoms with Gasteiger partial charge in [-0.15, -0.1) is 11.6 Å². The molecule has 0 aliphatic rings. The summed E-state index contributed by atoms with van der Waals surface area (Å²) in [5.74, 6) is -1.63. The van der Waals surface area contributed by atoms with E-state index in [0.717, 1.165) is 0 Å². The zero-order chi connectivity index (χ0) is 8.15. The van der Waals surface area contributed by atoms with Gasteiger partial charge in [-0.2, -0.15) is 0 Å². The van der Waals surface area contributed by atoms with Crippen molar-refractivity contribution < 1.29 is 14.7 Å². The lowest BCUT2D eigenvalue weighted by molar-refractivity contribution is -0.140. The highest BCUT2D eigenvalue weighted by Crippen LogP contribution is 1.87. The van der Waals surface area contributed by atoms with Gasteiger partial charge in [-0.25, -0.2) is 4.79 Å². The molecule has 0 unspecified atom stereocenters. The van der Waals surface area contributed by atoms with Gasteiger partial charge in [-0.1, -0.05) is 0 Å². The van der Waals surface area contributed by atoms with Crippen LogP contribution in [0.1, 0.15) is 6.92 Å². The molecule has 0 aromatic heterocycles. The molecule has 0 aliphatic carbocycles. The Hall–Kier alpha value is -0.770. The molecule has 0 fully saturated rings. The van der Waals surface area contributed by atoms with Crippen LogP contribution in [0, 0.1) is 0 Å². The lowest BCUT2D eigenvalue weighted by atomic mass is 10.3. The monoisotopic (exact) mass is 165 g/mol. The summed E-state index contributed by atoms with van der Waals surface area (Å²) in [5, 5.41) is 10.5. The average molecular weight is 166 g/mol. The minimum Gasteiger partial charge on any atom is -0.480 e. The Labute approximate surface area is 63.2 Å². The molecule has 0 rings (SSSR count). The number of carboxylic acid groups (broad SMARTS) is 1. The maximum absolute atomic E-state index is 10.3. The number of alkyl halides is 1. The second-order valence-corrected chi connectivity index (χ2v) is 2.05. The molecule has 0 saturated carbocycles. The standard InChI is InChI=1S/C5H8ClNO3/c1-3(8)7-4(2-6)5(9)10/h4H,2H2,1H3,(H,7,8)(H,9,10)/t4-/m1/s1. The zero-order valence-corrected chi connectivity index (χ0v) is 6.18. The summed E-state index contributed by atoms with van der Waals surface area (Å²) >= 11 is 5.21. The lowest BCUT2D eigenvalue weighted by Crippen LogP contribution is -2.40. The smallest absolute Gasteiger partial charge is 0.327 e. The molecular weight excluding hydrogens is 158 g/mol. The highest BCUT2D eigenvalue weighted by Gasteiger charge is 2.15. The van der Waals surface area contributed by atoms with Gasteiger partial charge in [0.2, 0.25) is 5.91 Å². The molecule has 0 radical (unpaired) electrons. The Kier molecular flexibility index (Phi) is 3.79. The van der Waals surface area contributed by atoms with Gasteiger partial charge in [0.15, 0.2) is 0 Å².